The number of nitrogens with one attached hydrogen (secondary N) is 2. The Labute approximate surface area is 119 Å². The number of amides is 1. The fourth-order valence-electron chi connectivity index (χ4n) is 1.44. The lowest BCUT2D eigenvalue weighted by Gasteiger charge is -2.09. The number of sulfonamides is 1. The van der Waals surface area contributed by atoms with Crippen LogP contribution in [0, 0.1) is 11.6 Å². The molecule has 0 saturated heterocycles. The Hall–Kier alpha value is -2.07. The van der Waals surface area contributed by atoms with Crippen LogP contribution in [0.4, 0.5) is 8.78 Å². The van der Waals surface area contributed by atoms with E-state index in [-0.39, 0.29) is 19.0 Å². The first-order valence-corrected chi connectivity index (χ1v) is 7.10. The number of rotatable bonds is 6. The molecule has 0 saturated carbocycles. The molecular formula is C11H12F2N2O5S. The molecule has 1 rings (SSSR count). The average molecular weight is 322 g/mol. The molecule has 7 nitrogen and oxygen atoms in total. The predicted octanol–water partition coefficient (Wildman–Crippen LogP) is 0.0774. The van der Waals surface area contributed by atoms with E-state index in [9.17, 15) is 26.8 Å². The van der Waals surface area contributed by atoms with Crippen molar-refractivity contribution >= 4 is 21.9 Å². The Kier molecular flexibility index (Phi) is 5.33. The van der Waals surface area contributed by atoms with Crippen LogP contribution in [0.2, 0.25) is 0 Å². The summed E-state index contributed by atoms with van der Waals surface area (Å²) in [5.74, 6) is -5.36. The predicted molar refractivity (Wildman–Crippen MR) is 67.2 cm³/mol. The number of hydrogen-bond donors (Lipinski definition) is 3. The summed E-state index contributed by atoms with van der Waals surface area (Å²) in [6.07, 6.45) is 0. The third-order valence-electron chi connectivity index (χ3n) is 2.35. The van der Waals surface area contributed by atoms with Crippen molar-refractivity contribution < 1.29 is 31.9 Å². The number of hydrogen-bond acceptors (Lipinski definition) is 4. The zero-order valence-electron chi connectivity index (χ0n) is 10.8. The van der Waals surface area contributed by atoms with E-state index in [4.69, 9.17) is 5.11 Å². The summed E-state index contributed by atoms with van der Waals surface area (Å²) < 4.78 is 52.6. The summed E-state index contributed by atoms with van der Waals surface area (Å²) in [6.45, 7) is 0.956. The van der Waals surface area contributed by atoms with Gasteiger partial charge in [0, 0.05) is 20.0 Å². The van der Waals surface area contributed by atoms with Gasteiger partial charge in [-0.2, -0.15) is 0 Å². The van der Waals surface area contributed by atoms with Gasteiger partial charge in [0.25, 0.3) is 0 Å². The summed E-state index contributed by atoms with van der Waals surface area (Å²) in [5, 5.41) is 11.0. The van der Waals surface area contributed by atoms with E-state index in [0.29, 0.717) is 12.1 Å². The Balaban J connectivity index is 3.01. The molecule has 116 valence electrons. The zero-order chi connectivity index (χ0) is 16.2. The van der Waals surface area contributed by atoms with Gasteiger partial charge in [0.2, 0.25) is 15.9 Å². The third-order valence-corrected chi connectivity index (χ3v) is 3.83. The number of carbonyl (C=O) groups is 2. The van der Waals surface area contributed by atoms with Crippen molar-refractivity contribution in [3.8, 4) is 0 Å². The minimum absolute atomic E-state index is 0.0385. The van der Waals surface area contributed by atoms with Gasteiger partial charge in [0.05, 0.1) is 0 Å². The number of halogens is 2. The van der Waals surface area contributed by atoms with Gasteiger partial charge in [0.1, 0.15) is 16.3 Å². The number of carboxylic acid groups (broad SMARTS) is 1. The Bertz CT molecular complexity index is 675. The van der Waals surface area contributed by atoms with Gasteiger partial charge in [0.15, 0.2) is 5.82 Å². The van der Waals surface area contributed by atoms with E-state index in [2.05, 4.69) is 5.32 Å². The normalized spacial score (nSPS) is 11.2. The SMILES string of the molecule is CC(=O)NCCNS(=O)(=O)c1ccc(F)c(C(=O)O)c1F. The van der Waals surface area contributed by atoms with Gasteiger partial charge in [-0.05, 0) is 12.1 Å². The van der Waals surface area contributed by atoms with Crippen LogP contribution >= 0.6 is 0 Å². The Morgan fingerprint density at radius 2 is 1.86 bits per heavy atom. The third kappa shape index (κ3) is 4.20. The molecule has 0 aliphatic rings. The second kappa shape index (κ2) is 6.59. The first-order chi connectivity index (χ1) is 9.66. The van der Waals surface area contributed by atoms with Crippen LogP contribution in [0.1, 0.15) is 17.3 Å². The lowest BCUT2D eigenvalue weighted by atomic mass is 10.2. The Morgan fingerprint density at radius 1 is 1.24 bits per heavy atom. The summed E-state index contributed by atoms with van der Waals surface area (Å²) in [4.78, 5) is 20.3. The highest BCUT2D eigenvalue weighted by Crippen LogP contribution is 2.20. The highest BCUT2D eigenvalue weighted by molar-refractivity contribution is 7.89. The van der Waals surface area contributed by atoms with Crippen LogP contribution in [-0.4, -0.2) is 38.5 Å². The van der Waals surface area contributed by atoms with Gasteiger partial charge >= 0.3 is 5.97 Å². The van der Waals surface area contributed by atoms with Crippen LogP contribution in [0.25, 0.3) is 0 Å². The number of benzene rings is 1. The standard InChI is InChI=1S/C11H12F2N2O5S/c1-6(16)14-4-5-15-21(19,20)8-3-2-7(12)9(10(8)13)11(17)18/h2-3,15H,4-5H2,1H3,(H,14,16)(H,17,18). The average Bonchev–Trinajstić information content (AvgIpc) is 2.33. The van der Waals surface area contributed by atoms with E-state index in [1.54, 1.807) is 0 Å². The summed E-state index contributed by atoms with van der Waals surface area (Å²) in [6, 6.07) is 1.17. The monoisotopic (exact) mass is 322 g/mol. The van der Waals surface area contributed by atoms with Gasteiger partial charge in [-0.3, -0.25) is 4.79 Å². The number of carbonyl (C=O) groups excluding carboxylic acids is 1. The summed E-state index contributed by atoms with van der Waals surface area (Å²) in [5.41, 5.74) is -1.35. The molecule has 1 aromatic rings. The highest BCUT2D eigenvalue weighted by atomic mass is 32.2. The van der Waals surface area contributed by atoms with Crippen molar-refractivity contribution in [2.75, 3.05) is 13.1 Å². The van der Waals surface area contributed by atoms with Crippen molar-refractivity contribution in [2.45, 2.75) is 11.8 Å². The van der Waals surface area contributed by atoms with Gasteiger partial charge in [-0.25, -0.2) is 26.7 Å². The van der Waals surface area contributed by atoms with E-state index in [0.717, 1.165) is 0 Å². The maximum absolute atomic E-state index is 13.8. The minimum Gasteiger partial charge on any atom is -0.477 e. The van der Waals surface area contributed by atoms with Crippen molar-refractivity contribution in [2.24, 2.45) is 0 Å². The van der Waals surface area contributed by atoms with Gasteiger partial charge in [-0.1, -0.05) is 0 Å². The van der Waals surface area contributed by atoms with Crippen LogP contribution in [0.3, 0.4) is 0 Å². The zero-order valence-corrected chi connectivity index (χ0v) is 11.6. The second-order valence-corrected chi connectivity index (χ2v) is 5.66. The highest BCUT2D eigenvalue weighted by Gasteiger charge is 2.26. The number of aromatic carboxylic acids is 1. The molecule has 0 heterocycles. The lowest BCUT2D eigenvalue weighted by molar-refractivity contribution is -0.118. The van der Waals surface area contributed by atoms with Crippen molar-refractivity contribution in [1.82, 2.24) is 10.0 Å². The molecule has 0 bridgehead atoms. The molecule has 1 aromatic carbocycles. The van der Waals surface area contributed by atoms with E-state index < -0.39 is 38.1 Å². The fourth-order valence-corrected chi connectivity index (χ4v) is 2.55. The molecule has 3 N–H and O–H groups in total. The van der Waals surface area contributed by atoms with Crippen molar-refractivity contribution in [3.05, 3.63) is 29.3 Å². The fraction of sp³-hybridized carbons (Fsp3) is 0.273. The van der Waals surface area contributed by atoms with Gasteiger partial charge in [-0.15, -0.1) is 0 Å². The lowest BCUT2D eigenvalue weighted by Crippen LogP contribution is -2.34. The first kappa shape index (κ1) is 17.0. The summed E-state index contributed by atoms with van der Waals surface area (Å²) in [7, 11) is -4.37. The van der Waals surface area contributed by atoms with Gasteiger partial charge < -0.3 is 10.4 Å². The molecule has 0 aliphatic heterocycles. The van der Waals surface area contributed by atoms with E-state index >= 15 is 0 Å². The molecule has 0 aromatic heterocycles. The maximum atomic E-state index is 13.8. The van der Waals surface area contributed by atoms with Crippen molar-refractivity contribution in [3.63, 3.8) is 0 Å². The summed E-state index contributed by atoms with van der Waals surface area (Å²) >= 11 is 0. The smallest absolute Gasteiger partial charge is 0.341 e. The second-order valence-electron chi connectivity index (χ2n) is 3.92. The maximum Gasteiger partial charge on any atom is 0.341 e. The van der Waals surface area contributed by atoms with E-state index in [1.165, 1.54) is 6.92 Å². The largest absolute Gasteiger partial charge is 0.477 e. The minimum atomic E-state index is -4.37. The molecule has 0 aliphatic carbocycles. The topological polar surface area (TPSA) is 113 Å². The number of carboxylic acids is 1. The molecule has 0 fully saturated rings. The molecular weight excluding hydrogens is 310 g/mol. The molecule has 1 amide bonds. The molecule has 0 unspecified atom stereocenters. The quantitative estimate of drug-likeness (QED) is 0.642. The molecule has 0 atom stereocenters. The van der Waals surface area contributed by atoms with E-state index in [1.807, 2.05) is 4.72 Å². The Morgan fingerprint density at radius 3 is 2.38 bits per heavy atom. The van der Waals surface area contributed by atoms with Crippen LogP contribution < -0.4 is 10.0 Å². The van der Waals surface area contributed by atoms with Crippen LogP contribution in [0.15, 0.2) is 17.0 Å². The molecule has 21 heavy (non-hydrogen) atoms. The molecule has 0 radical (unpaired) electrons. The van der Waals surface area contributed by atoms with Crippen molar-refractivity contribution in [1.29, 1.82) is 0 Å². The molecule has 0 spiro atoms. The van der Waals surface area contributed by atoms with Crippen LogP contribution in [-0.2, 0) is 14.8 Å². The molecule has 10 heteroatoms. The van der Waals surface area contributed by atoms with Crippen LogP contribution in [0.5, 0.6) is 0 Å². The first-order valence-electron chi connectivity index (χ1n) is 5.62.